The summed E-state index contributed by atoms with van der Waals surface area (Å²) in [5.74, 6) is 0. The van der Waals surface area contributed by atoms with E-state index in [1.165, 1.54) is 0 Å². The molecule has 0 saturated carbocycles. The highest BCUT2D eigenvalue weighted by molar-refractivity contribution is 6.72. The van der Waals surface area contributed by atoms with Gasteiger partial charge in [-0.3, -0.25) is 0 Å². The zero-order chi connectivity index (χ0) is 33.7. The van der Waals surface area contributed by atoms with E-state index in [0.29, 0.717) is 22.3 Å². The van der Waals surface area contributed by atoms with Crippen LogP contribution < -0.4 is 0 Å². The van der Waals surface area contributed by atoms with Gasteiger partial charge in [0.1, 0.15) is 11.2 Å². The summed E-state index contributed by atoms with van der Waals surface area (Å²) >= 11 is 0. The van der Waals surface area contributed by atoms with Crippen molar-refractivity contribution in [1.82, 2.24) is 0 Å². The maximum atomic E-state index is 13.7. The first-order chi connectivity index (χ1) is 21.5. The molecule has 10 heteroatoms. The molecule has 0 N–H and O–H groups in total. The lowest BCUT2D eigenvalue weighted by Gasteiger charge is -2.56. The lowest BCUT2D eigenvalue weighted by Crippen LogP contribution is -2.61. The fraction of sp³-hybridized carbons (Fsp3) is 0.333. The van der Waals surface area contributed by atoms with Gasteiger partial charge in [-0.2, -0.15) is 26.3 Å². The van der Waals surface area contributed by atoms with Crippen LogP contribution in [-0.4, -0.2) is 29.0 Å². The predicted molar refractivity (Wildman–Crippen MR) is 175 cm³/mol. The average molecular weight is 675 g/mol. The fourth-order valence-electron chi connectivity index (χ4n) is 6.03. The molecular weight excluding hydrogens is 635 g/mol. The van der Waals surface area contributed by atoms with E-state index in [-0.39, 0.29) is 12.1 Å². The van der Waals surface area contributed by atoms with Gasteiger partial charge in [-0.1, -0.05) is 121 Å². The Balaban J connectivity index is 2.18. The summed E-state index contributed by atoms with van der Waals surface area (Å²) in [5, 5.41) is 0. The fourth-order valence-corrected chi connectivity index (χ4v) is 10.4. The molecule has 0 aliphatic heterocycles. The Hall–Kier alpha value is -3.19. The van der Waals surface area contributed by atoms with Crippen LogP contribution in [0.25, 0.3) is 0 Å². The van der Waals surface area contributed by atoms with E-state index in [1.54, 1.807) is 26.2 Å². The Kier molecular flexibility index (Phi) is 10.8. The smallest absolute Gasteiger partial charge is 0.388 e. The molecule has 0 saturated heterocycles. The van der Waals surface area contributed by atoms with Crippen molar-refractivity contribution >= 4 is 16.6 Å². The quantitative estimate of drug-likeness (QED) is 0.104. The minimum Gasteiger partial charge on any atom is -0.401 e. The maximum absolute atomic E-state index is 13.7. The molecule has 0 fully saturated rings. The first-order valence-electron chi connectivity index (χ1n) is 15.3. The van der Waals surface area contributed by atoms with Gasteiger partial charge in [0.15, 0.2) is 16.6 Å². The van der Waals surface area contributed by atoms with Crippen LogP contribution in [0.5, 0.6) is 0 Å². The molecule has 46 heavy (non-hydrogen) atoms. The molecule has 4 rings (SSSR count). The molecule has 0 amide bonds. The van der Waals surface area contributed by atoms with E-state index in [1.807, 2.05) is 121 Å². The van der Waals surface area contributed by atoms with Crippen LogP contribution >= 0.6 is 0 Å². The molecule has 246 valence electrons. The van der Waals surface area contributed by atoms with Gasteiger partial charge in [0.05, 0.1) is 0 Å². The lowest BCUT2D eigenvalue weighted by atomic mass is 9.66. The van der Waals surface area contributed by atoms with Gasteiger partial charge in [-0.15, -0.1) is 0 Å². The molecule has 4 aromatic carbocycles. The highest BCUT2D eigenvalue weighted by Gasteiger charge is 2.61. The minimum atomic E-state index is -4.39. The number of rotatable bonds is 13. The standard InChI is InChI=1S/C36H40F6O2Si2/c1-45(2,27-25-33(37,38)39)43-35(29-17-9-5-10-18-29,30-19-11-6-12-20-30)36(31-21-13-7-14-22-31,32-23-15-8-16-24-32)44-46(3,4)28-26-34(40,41)42/h5-24H,25-28H2,1-4H3. The molecule has 0 atom stereocenters. The third kappa shape index (κ3) is 8.39. The summed E-state index contributed by atoms with van der Waals surface area (Å²) in [6, 6.07) is 36.3. The monoisotopic (exact) mass is 674 g/mol. The highest BCUT2D eigenvalue weighted by Crippen LogP contribution is 2.57. The number of hydrogen-bond acceptors (Lipinski definition) is 2. The topological polar surface area (TPSA) is 18.5 Å². The Labute approximate surface area is 269 Å². The van der Waals surface area contributed by atoms with Crippen LogP contribution in [0, 0.1) is 0 Å². The van der Waals surface area contributed by atoms with Crippen molar-refractivity contribution in [3.63, 3.8) is 0 Å². The molecule has 0 spiro atoms. The van der Waals surface area contributed by atoms with Crippen molar-refractivity contribution in [2.75, 3.05) is 0 Å². The van der Waals surface area contributed by atoms with E-state index < -0.39 is 53.0 Å². The van der Waals surface area contributed by atoms with Gasteiger partial charge >= 0.3 is 12.4 Å². The Morgan fingerprint density at radius 3 is 0.826 bits per heavy atom. The van der Waals surface area contributed by atoms with E-state index in [2.05, 4.69) is 0 Å². The summed E-state index contributed by atoms with van der Waals surface area (Å²) in [6.45, 7) is 7.03. The minimum absolute atomic E-state index is 0.230. The number of alkyl halides is 6. The van der Waals surface area contributed by atoms with Crippen LogP contribution in [0.1, 0.15) is 35.1 Å². The SMILES string of the molecule is C[Si](C)(CCC(F)(F)F)OC(c1ccccc1)(c1ccccc1)C(O[Si](C)(C)CCC(F)(F)F)(c1ccccc1)c1ccccc1. The first kappa shape index (κ1) is 35.7. The first-order valence-corrected chi connectivity index (χ1v) is 21.5. The van der Waals surface area contributed by atoms with Gasteiger partial charge < -0.3 is 8.85 Å². The van der Waals surface area contributed by atoms with Gasteiger partial charge in [0.2, 0.25) is 0 Å². The second-order valence-electron chi connectivity index (χ2n) is 12.8. The van der Waals surface area contributed by atoms with E-state index in [9.17, 15) is 26.3 Å². The summed E-state index contributed by atoms with van der Waals surface area (Å²) in [5.41, 5.74) is -0.794. The number of halogens is 6. The van der Waals surface area contributed by atoms with Crippen molar-refractivity contribution in [1.29, 1.82) is 0 Å². The Morgan fingerprint density at radius 2 is 0.630 bits per heavy atom. The Bertz CT molecular complexity index is 1310. The average Bonchev–Trinajstić information content (AvgIpc) is 3.02. The maximum Gasteiger partial charge on any atom is 0.388 e. The molecule has 0 heterocycles. The highest BCUT2D eigenvalue weighted by atomic mass is 28.4. The van der Waals surface area contributed by atoms with Gasteiger partial charge in [0, 0.05) is 12.8 Å². The van der Waals surface area contributed by atoms with Crippen molar-refractivity contribution in [3.05, 3.63) is 144 Å². The zero-order valence-electron chi connectivity index (χ0n) is 26.5. The largest absolute Gasteiger partial charge is 0.401 e. The van der Waals surface area contributed by atoms with Crippen molar-refractivity contribution in [2.24, 2.45) is 0 Å². The van der Waals surface area contributed by atoms with E-state index in [4.69, 9.17) is 8.85 Å². The summed E-state index contributed by atoms with van der Waals surface area (Å²) in [4.78, 5) is 0. The molecule has 0 aliphatic carbocycles. The van der Waals surface area contributed by atoms with Crippen molar-refractivity contribution in [3.8, 4) is 0 Å². The van der Waals surface area contributed by atoms with Crippen LogP contribution in [0.4, 0.5) is 26.3 Å². The molecule has 2 nitrogen and oxygen atoms in total. The predicted octanol–water partition coefficient (Wildman–Crippen LogP) is 11.2. The Morgan fingerprint density at radius 1 is 0.413 bits per heavy atom. The summed E-state index contributed by atoms with van der Waals surface area (Å²) in [7, 11) is -6.56. The molecule has 0 bridgehead atoms. The summed E-state index contributed by atoms with van der Waals surface area (Å²) in [6.07, 6.45) is -10.8. The molecule has 4 aromatic rings. The van der Waals surface area contributed by atoms with Crippen molar-refractivity contribution < 1.29 is 35.2 Å². The van der Waals surface area contributed by atoms with Crippen LogP contribution in [0.3, 0.4) is 0 Å². The third-order valence-electron chi connectivity index (χ3n) is 8.10. The lowest BCUT2D eigenvalue weighted by molar-refractivity contribution is -0.134. The van der Waals surface area contributed by atoms with Crippen LogP contribution in [0.2, 0.25) is 38.3 Å². The second kappa shape index (κ2) is 13.9. The van der Waals surface area contributed by atoms with Crippen molar-refractivity contribution in [2.45, 2.75) is 74.7 Å². The molecule has 0 aromatic heterocycles. The van der Waals surface area contributed by atoms with Gasteiger partial charge in [-0.25, -0.2) is 0 Å². The number of hydrogen-bond donors (Lipinski definition) is 0. The molecule has 0 unspecified atom stereocenters. The van der Waals surface area contributed by atoms with Crippen LogP contribution in [-0.2, 0) is 20.1 Å². The molecular formula is C36H40F6O2Si2. The van der Waals surface area contributed by atoms with Crippen LogP contribution in [0.15, 0.2) is 121 Å². The third-order valence-corrected chi connectivity index (χ3v) is 12.7. The molecule has 0 radical (unpaired) electrons. The normalized spacial score (nSPS) is 13.5. The van der Waals surface area contributed by atoms with Gasteiger partial charge in [-0.05, 0) is 60.5 Å². The summed E-state index contributed by atoms with van der Waals surface area (Å²) < 4.78 is 96.9. The van der Waals surface area contributed by atoms with E-state index >= 15 is 0 Å². The van der Waals surface area contributed by atoms with E-state index in [0.717, 1.165) is 0 Å². The zero-order valence-corrected chi connectivity index (χ0v) is 28.5. The number of benzene rings is 4. The second-order valence-corrected chi connectivity index (χ2v) is 21.2. The van der Waals surface area contributed by atoms with Gasteiger partial charge in [0.25, 0.3) is 0 Å². The molecule has 0 aliphatic rings.